The number of ether oxygens (including phenoxy) is 2. The SMILES string of the molecule is CCOc1cc(C[NH2+][C@@H]2C[NH+]3CCC2CC3)ccc1OCc1ccccc1. The highest BCUT2D eigenvalue weighted by Gasteiger charge is 2.39. The van der Waals surface area contributed by atoms with Gasteiger partial charge in [-0.05, 0) is 30.7 Å². The van der Waals surface area contributed by atoms with Gasteiger partial charge in [0.15, 0.2) is 11.5 Å². The van der Waals surface area contributed by atoms with Crippen molar-refractivity contribution in [2.24, 2.45) is 5.92 Å². The molecule has 0 spiro atoms. The molecule has 4 heteroatoms. The number of nitrogens with one attached hydrogen (secondary N) is 1. The molecule has 3 fully saturated rings. The first-order chi connectivity index (χ1) is 13.3. The normalized spacial score (nSPS) is 24.0. The Bertz CT molecular complexity index is 726. The summed E-state index contributed by atoms with van der Waals surface area (Å²) < 4.78 is 11.9. The second kappa shape index (κ2) is 8.77. The third-order valence-electron chi connectivity index (χ3n) is 6.07. The van der Waals surface area contributed by atoms with Crippen molar-refractivity contribution < 1.29 is 19.7 Å². The fraction of sp³-hybridized carbons (Fsp3) is 0.478. The van der Waals surface area contributed by atoms with Gasteiger partial charge in [-0.3, -0.25) is 0 Å². The third-order valence-corrected chi connectivity index (χ3v) is 6.07. The van der Waals surface area contributed by atoms with Gasteiger partial charge in [0, 0.05) is 24.3 Å². The molecule has 3 saturated heterocycles. The van der Waals surface area contributed by atoms with Crippen LogP contribution in [0.25, 0.3) is 0 Å². The lowest BCUT2D eigenvalue weighted by Crippen LogP contribution is -3.20. The van der Waals surface area contributed by atoms with Crippen LogP contribution in [0.15, 0.2) is 48.5 Å². The molecule has 3 aliphatic heterocycles. The summed E-state index contributed by atoms with van der Waals surface area (Å²) in [4.78, 5) is 1.80. The van der Waals surface area contributed by atoms with Crippen molar-refractivity contribution in [1.82, 2.24) is 0 Å². The van der Waals surface area contributed by atoms with Crippen LogP contribution in [-0.4, -0.2) is 32.3 Å². The third kappa shape index (κ3) is 4.63. The molecule has 0 amide bonds. The van der Waals surface area contributed by atoms with E-state index < -0.39 is 0 Å². The number of fused-ring (bicyclic) bond motifs is 3. The number of rotatable bonds is 8. The van der Waals surface area contributed by atoms with E-state index in [-0.39, 0.29) is 0 Å². The lowest BCUT2D eigenvalue weighted by Gasteiger charge is -2.40. The van der Waals surface area contributed by atoms with Gasteiger partial charge in [-0.25, -0.2) is 0 Å². The molecule has 2 aromatic rings. The van der Waals surface area contributed by atoms with E-state index in [9.17, 15) is 0 Å². The summed E-state index contributed by atoms with van der Waals surface area (Å²) >= 11 is 0. The Morgan fingerprint density at radius 2 is 1.78 bits per heavy atom. The average molecular weight is 369 g/mol. The number of piperidine rings is 3. The minimum atomic E-state index is 0.564. The van der Waals surface area contributed by atoms with Crippen molar-refractivity contribution >= 4 is 0 Å². The summed E-state index contributed by atoms with van der Waals surface area (Å²) in [6.45, 7) is 8.37. The lowest BCUT2D eigenvalue weighted by molar-refractivity contribution is -0.943. The predicted molar refractivity (Wildman–Crippen MR) is 106 cm³/mol. The Morgan fingerprint density at radius 1 is 0.963 bits per heavy atom. The largest absolute Gasteiger partial charge is 0.490 e. The molecule has 0 radical (unpaired) electrons. The van der Waals surface area contributed by atoms with Gasteiger partial charge in [0.05, 0.1) is 19.7 Å². The molecule has 3 heterocycles. The fourth-order valence-electron chi connectivity index (χ4n) is 4.55. The van der Waals surface area contributed by atoms with Gasteiger partial charge in [-0.15, -0.1) is 0 Å². The molecule has 3 N–H and O–H groups in total. The molecule has 0 unspecified atom stereocenters. The number of hydrogen-bond acceptors (Lipinski definition) is 2. The summed E-state index contributed by atoms with van der Waals surface area (Å²) in [5, 5.41) is 2.55. The van der Waals surface area contributed by atoms with Gasteiger partial charge in [0.1, 0.15) is 25.7 Å². The van der Waals surface area contributed by atoms with Crippen LogP contribution in [-0.2, 0) is 13.2 Å². The first-order valence-corrected chi connectivity index (χ1v) is 10.4. The lowest BCUT2D eigenvalue weighted by atomic mass is 9.84. The van der Waals surface area contributed by atoms with Gasteiger partial charge in [0.2, 0.25) is 0 Å². The number of quaternary nitrogens is 2. The summed E-state index contributed by atoms with van der Waals surface area (Å²) in [5.41, 5.74) is 2.49. The van der Waals surface area contributed by atoms with Crippen molar-refractivity contribution in [2.75, 3.05) is 26.2 Å². The Hall–Kier alpha value is -2.04. The molecule has 3 aliphatic rings. The van der Waals surface area contributed by atoms with Crippen LogP contribution in [0, 0.1) is 5.92 Å². The van der Waals surface area contributed by atoms with Crippen LogP contribution in [0.1, 0.15) is 30.9 Å². The zero-order chi connectivity index (χ0) is 18.5. The molecular formula is C23H32N2O2+2. The molecule has 144 valence electrons. The van der Waals surface area contributed by atoms with Gasteiger partial charge in [-0.1, -0.05) is 30.3 Å². The van der Waals surface area contributed by atoms with Crippen molar-refractivity contribution in [3.8, 4) is 11.5 Å². The smallest absolute Gasteiger partial charge is 0.161 e. The minimum Gasteiger partial charge on any atom is -0.490 e. The molecule has 2 aromatic carbocycles. The highest BCUT2D eigenvalue weighted by Crippen LogP contribution is 2.29. The van der Waals surface area contributed by atoms with E-state index >= 15 is 0 Å². The average Bonchev–Trinajstić information content (AvgIpc) is 2.73. The Labute approximate surface area is 162 Å². The number of benzene rings is 2. The Kier molecular flexibility index (Phi) is 5.95. The summed E-state index contributed by atoms with van der Waals surface area (Å²) in [7, 11) is 0. The fourth-order valence-corrected chi connectivity index (χ4v) is 4.55. The van der Waals surface area contributed by atoms with E-state index in [0.717, 1.165) is 30.0 Å². The maximum absolute atomic E-state index is 6.03. The quantitative estimate of drug-likeness (QED) is 0.740. The monoisotopic (exact) mass is 368 g/mol. The van der Waals surface area contributed by atoms with Crippen molar-refractivity contribution in [2.45, 2.75) is 39.0 Å². The van der Waals surface area contributed by atoms with Gasteiger partial charge >= 0.3 is 0 Å². The standard InChI is InChI=1S/C23H30N2O2/c1-2-26-23-14-19(15-24-21-16-25-12-10-20(21)11-13-25)8-9-22(23)27-17-18-6-4-3-5-7-18/h3-9,14,20-21,24H,2,10-13,15-17H2,1H3/p+2/t21-/m1/s1. The topological polar surface area (TPSA) is 39.5 Å². The molecular weight excluding hydrogens is 336 g/mol. The summed E-state index contributed by atoms with van der Waals surface area (Å²) in [6, 6.07) is 17.5. The maximum atomic E-state index is 6.03. The van der Waals surface area contributed by atoms with Gasteiger partial charge in [-0.2, -0.15) is 0 Å². The zero-order valence-corrected chi connectivity index (χ0v) is 16.3. The molecule has 2 bridgehead atoms. The van der Waals surface area contributed by atoms with E-state index in [1.165, 1.54) is 43.6 Å². The number of hydrogen-bond donors (Lipinski definition) is 2. The van der Waals surface area contributed by atoms with Crippen molar-refractivity contribution in [1.29, 1.82) is 0 Å². The van der Waals surface area contributed by atoms with Crippen LogP contribution in [0.4, 0.5) is 0 Å². The highest BCUT2D eigenvalue weighted by molar-refractivity contribution is 5.43. The zero-order valence-electron chi connectivity index (χ0n) is 16.3. The second-order valence-electron chi connectivity index (χ2n) is 7.88. The van der Waals surface area contributed by atoms with E-state index in [0.29, 0.717) is 13.2 Å². The van der Waals surface area contributed by atoms with Crippen LogP contribution in [0.5, 0.6) is 11.5 Å². The molecule has 0 aromatic heterocycles. The molecule has 27 heavy (non-hydrogen) atoms. The van der Waals surface area contributed by atoms with E-state index in [1.807, 2.05) is 25.1 Å². The molecule has 0 saturated carbocycles. The van der Waals surface area contributed by atoms with Crippen LogP contribution >= 0.6 is 0 Å². The maximum Gasteiger partial charge on any atom is 0.161 e. The summed E-state index contributed by atoms with van der Waals surface area (Å²) in [6.07, 6.45) is 2.82. The first-order valence-electron chi connectivity index (χ1n) is 10.4. The predicted octanol–water partition coefficient (Wildman–Crippen LogP) is 1.40. The molecule has 5 rings (SSSR count). The van der Waals surface area contributed by atoms with E-state index in [2.05, 4.69) is 35.6 Å². The van der Waals surface area contributed by atoms with Gasteiger partial charge < -0.3 is 19.7 Å². The van der Waals surface area contributed by atoms with E-state index in [4.69, 9.17) is 9.47 Å². The Balaban J connectivity index is 1.38. The Morgan fingerprint density at radius 3 is 2.48 bits per heavy atom. The van der Waals surface area contributed by atoms with Crippen molar-refractivity contribution in [3.05, 3.63) is 59.7 Å². The molecule has 1 atom stereocenters. The molecule has 0 aliphatic carbocycles. The molecule has 4 nitrogen and oxygen atoms in total. The minimum absolute atomic E-state index is 0.564. The van der Waals surface area contributed by atoms with Crippen LogP contribution in [0.2, 0.25) is 0 Å². The highest BCUT2D eigenvalue weighted by atomic mass is 16.5. The van der Waals surface area contributed by atoms with Gasteiger partial charge in [0.25, 0.3) is 0 Å². The number of nitrogens with two attached hydrogens (primary N) is 1. The van der Waals surface area contributed by atoms with Crippen LogP contribution in [0.3, 0.4) is 0 Å². The van der Waals surface area contributed by atoms with E-state index in [1.54, 1.807) is 4.90 Å². The second-order valence-corrected chi connectivity index (χ2v) is 7.88. The summed E-state index contributed by atoms with van der Waals surface area (Å²) in [5.74, 6) is 2.61. The first kappa shape index (κ1) is 18.3. The van der Waals surface area contributed by atoms with Crippen LogP contribution < -0.4 is 19.7 Å². The van der Waals surface area contributed by atoms with Crippen molar-refractivity contribution in [3.63, 3.8) is 0 Å².